The lowest BCUT2D eigenvalue weighted by atomic mass is 9.95. The van der Waals surface area contributed by atoms with Crippen LogP contribution in [0.25, 0.3) is 99.0 Å². The van der Waals surface area contributed by atoms with Crippen LogP contribution in [-0.4, -0.2) is 14.1 Å². The van der Waals surface area contributed by atoms with Gasteiger partial charge in [-0.1, -0.05) is 115 Å². The van der Waals surface area contributed by atoms with Gasteiger partial charge in [-0.25, -0.2) is 4.98 Å². The number of aromatic nitrogens is 3. The summed E-state index contributed by atoms with van der Waals surface area (Å²) in [6.45, 7) is 0. The zero-order chi connectivity index (χ0) is 34.2. The van der Waals surface area contributed by atoms with Crippen molar-refractivity contribution in [1.29, 1.82) is 0 Å². The van der Waals surface area contributed by atoms with E-state index in [0.29, 0.717) is 0 Å². The third-order valence-corrected chi connectivity index (χ3v) is 10.7. The third-order valence-electron chi connectivity index (χ3n) is 10.7. The zero-order valence-electron chi connectivity index (χ0n) is 28.2. The van der Waals surface area contributed by atoms with E-state index >= 15 is 0 Å². The molecular formula is C49H31N3. The molecule has 3 aromatic heterocycles. The summed E-state index contributed by atoms with van der Waals surface area (Å²) in [6, 6.07) is 67.8. The largest absolute Gasteiger partial charge is 0.309 e. The maximum Gasteiger partial charge on any atom is 0.0788 e. The first-order chi connectivity index (χ1) is 25.8. The second kappa shape index (κ2) is 11.3. The minimum absolute atomic E-state index is 0.996. The van der Waals surface area contributed by atoms with E-state index in [-0.39, 0.29) is 0 Å². The van der Waals surface area contributed by atoms with Crippen LogP contribution in [0.4, 0.5) is 0 Å². The summed E-state index contributed by atoms with van der Waals surface area (Å²) in [6.07, 6.45) is 0. The minimum atomic E-state index is 0.996. The third kappa shape index (κ3) is 4.30. The summed E-state index contributed by atoms with van der Waals surface area (Å²) in [5.41, 5.74) is 12.6. The average Bonchev–Trinajstić information content (AvgIpc) is 3.73. The lowest BCUT2D eigenvalue weighted by molar-refractivity contribution is 1.18. The molecule has 0 aliphatic heterocycles. The van der Waals surface area contributed by atoms with E-state index in [1.165, 1.54) is 65.8 Å². The first-order valence-corrected chi connectivity index (χ1v) is 17.8. The summed E-state index contributed by atoms with van der Waals surface area (Å²) in [4.78, 5) is 5.38. The number of benzene rings is 8. The Morgan fingerprint density at radius 3 is 1.35 bits per heavy atom. The van der Waals surface area contributed by atoms with Gasteiger partial charge < -0.3 is 9.13 Å². The van der Waals surface area contributed by atoms with Crippen molar-refractivity contribution < 1.29 is 0 Å². The van der Waals surface area contributed by atoms with E-state index in [2.05, 4.69) is 197 Å². The predicted octanol–water partition coefficient (Wildman–Crippen LogP) is 12.9. The van der Waals surface area contributed by atoms with Gasteiger partial charge in [0.2, 0.25) is 0 Å². The molecule has 0 N–H and O–H groups in total. The highest BCUT2D eigenvalue weighted by Gasteiger charge is 2.18. The van der Waals surface area contributed by atoms with Gasteiger partial charge in [-0.2, -0.15) is 0 Å². The molecular weight excluding hydrogens is 631 g/mol. The first kappa shape index (κ1) is 28.8. The molecule has 3 heterocycles. The Morgan fingerprint density at radius 2 is 0.731 bits per heavy atom. The Balaban J connectivity index is 1.14. The maximum atomic E-state index is 5.38. The van der Waals surface area contributed by atoms with E-state index in [4.69, 9.17) is 4.98 Å². The second-order valence-electron chi connectivity index (χ2n) is 13.6. The van der Waals surface area contributed by atoms with Crippen LogP contribution in [0.1, 0.15) is 0 Å². The molecule has 0 fully saturated rings. The molecule has 52 heavy (non-hydrogen) atoms. The molecule has 0 bridgehead atoms. The fraction of sp³-hybridized carbons (Fsp3) is 0. The Hall–Kier alpha value is -6.97. The number of hydrogen-bond donors (Lipinski definition) is 0. The second-order valence-corrected chi connectivity index (χ2v) is 13.6. The summed E-state index contributed by atoms with van der Waals surface area (Å²) in [7, 11) is 0. The quantitative estimate of drug-likeness (QED) is 0.172. The first-order valence-electron chi connectivity index (χ1n) is 17.8. The van der Waals surface area contributed by atoms with E-state index in [1.807, 2.05) is 0 Å². The van der Waals surface area contributed by atoms with Gasteiger partial charge in [0.1, 0.15) is 0 Å². The minimum Gasteiger partial charge on any atom is -0.309 e. The normalized spacial score (nSPS) is 11.8. The smallest absolute Gasteiger partial charge is 0.0788 e. The van der Waals surface area contributed by atoms with Gasteiger partial charge in [0.05, 0.1) is 33.3 Å². The fourth-order valence-electron chi connectivity index (χ4n) is 8.34. The van der Waals surface area contributed by atoms with Crippen LogP contribution in [0.3, 0.4) is 0 Å². The van der Waals surface area contributed by atoms with Crippen LogP contribution < -0.4 is 0 Å². The Bertz CT molecular complexity index is 3170. The van der Waals surface area contributed by atoms with Gasteiger partial charge in [-0.3, -0.25) is 0 Å². The van der Waals surface area contributed by atoms with Crippen LogP contribution in [-0.2, 0) is 0 Å². The van der Waals surface area contributed by atoms with Gasteiger partial charge in [-0.15, -0.1) is 0 Å². The lowest BCUT2D eigenvalue weighted by Crippen LogP contribution is -1.94. The highest BCUT2D eigenvalue weighted by Crippen LogP contribution is 2.40. The molecule has 242 valence electrons. The van der Waals surface area contributed by atoms with E-state index < -0.39 is 0 Å². The van der Waals surface area contributed by atoms with Gasteiger partial charge in [0.25, 0.3) is 0 Å². The average molecular weight is 662 g/mol. The number of fused-ring (bicyclic) bond motifs is 9. The predicted molar refractivity (Wildman–Crippen MR) is 219 cm³/mol. The molecule has 3 nitrogen and oxygen atoms in total. The number of nitrogens with zero attached hydrogens (tertiary/aromatic N) is 3. The molecule has 0 saturated heterocycles. The van der Waals surface area contributed by atoms with Crippen molar-refractivity contribution >= 4 is 65.3 Å². The highest BCUT2D eigenvalue weighted by atomic mass is 15.0. The van der Waals surface area contributed by atoms with Crippen molar-refractivity contribution in [2.24, 2.45) is 0 Å². The van der Waals surface area contributed by atoms with Crippen molar-refractivity contribution in [2.75, 3.05) is 0 Å². The molecule has 0 radical (unpaired) electrons. The molecule has 11 rings (SSSR count). The maximum absolute atomic E-state index is 5.38. The zero-order valence-corrected chi connectivity index (χ0v) is 28.2. The van der Waals surface area contributed by atoms with Crippen molar-refractivity contribution in [1.82, 2.24) is 14.1 Å². The van der Waals surface area contributed by atoms with Gasteiger partial charge >= 0.3 is 0 Å². The summed E-state index contributed by atoms with van der Waals surface area (Å²) in [5.74, 6) is 0. The molecule has 8 aromatic carbocycles. The van der Waals surface area contributed by atoms with E-state index in [0.717, 1.165) is 33.2 Å². The Labute approximate surface area is 300 Å². The number of pyridine rings is 1. The van der Waals surface area contributed by atoms with Crippen molar-refractivity contribution in [2.45, 2.75) is 0 Å². The number of hydrogen-bond acceptors (Lipinski definition) is 1. The van der Waals surface area contributed by atoms with E-state index in [1.54, 1.807) is 0 Å². The van der Waals surface area contributed by atoms with E-state index in [9.17, 15) is 0 Å². The lowest BCUT2D eigenvalue weighted by Gasteiger charge is -2.13. The standard InChI is InChI=1S/C49H31N3/c1-3-13-35(14-4-1)51-45-21-11-8-18-39(45)41-29-33(24-27-47(41)51)32-23-26-37-38-17-7-10-20-44(38)50-49(43(37)30-32)34-25-28-48-42(31-34)40-19-9-12-22-46(40)52(48)36-15-5-2-6-16-36/h1-31H. The van der Waals surface area contributed by atoms with Crippen LogP contribution in [0.2, 0.25) is 0 Å². The Morgan fingerprint density at radius 1 is 0.288 bits per heavy atom. The topological polar surface area (TPSA) is 22.8 Å². The number of rotatable bonds is 4. The SMILES string of the molecule is c1ccc(-n2c3ccccc3c3cc(-c4ccc5c(c4)c(-c4ccc6c(c4)c4ccccc4n6-c4ccccc4)nc4ccccc45)ccc32)cc1. The summed E-state index contributed by atoms with van der Waals surface area (Å²) in [5, 5.41) is 8.46. The molecule has 0 atom stereocenters. The molecule has 0 unspecified atom stereocenters. The van der Waals surface area contributed by atoms with Crippen LogP contribution >= 0.6 is 0 Å². The molecule has 0 aliphatic carbocycles. The molecule has 11 aromatic rings. The van der Waals surface area contributed by atoms with Crippen molar-refractivity contribution in [3.63, 3.8) is 0 Å². The summed E-state index contributed by atoms with van der Waals surface area (Å²) < 4.78 is 4.73. The van der Waals surface area contributed by atoms with Crippen LogP contribution in [0, 0.1) is 0 Å². The Kier molecular flexibility index (Phi) is 6.25. The van der Waals surface area contributed by atoms with Gasteiger partial charge in [0.15, 0.2) is 0 Å². The molecule has 0 aliphatic rings. The van der Waals surface area contributed by atoms with Crippen molar-refractivity contribution in [3.8, 4) is 33.8 Å². The molecule has 0 amide bonds. The molecule has 3 heteroatoms. The molecule has 0 saturated carbocycles. The van der Waals surface area contributed by atoms with Crippen LogP contribution in [0.15, 0.2) is 188 Å². The van der Waals surface area contributed by atoms with Gasteiger partial charge in [0, 0.05) is 49.3 Å². The van der Waals surface area contributed by atoms with Crippen molar-refractivity contribution in [3.05, 3.63) is 188 Å². The highest BCUT2D eigenvalue weighted by molar-refractivity contribution is 6.15. The summed E-state index contributed by atoms with van der Waals surface area (Å²) >= 11 is 0. The van der Waals surface area contributed by atoms with Gasteiger partial charge in [-0.05, 0) is 89.3 Å². The monoisotopic (exact) mass is 661 g/mol. The fourth-order valence-corrected chi connectivity index (χ4v) is 8.34. The molecule has 0 spiro atoms. The number of para-hydroxylation sites is 5. The van der Waals surface area contributed by atoms with Crippen LogP contribution in [0.5, 0.6) is 0 Å².